The Morgan fingerprint density at radius 2 is 1.67 bits per heavy atom. The molecular formula is C19H19FN2O2. The van der Waals surface area contributed by atoms with E-state index in [0.29, 0.717) is 12.0 Å². The van der Waals surface area contributed by atoms with E-state index in [1.165, 1.54) is 17.0 Å². The van der Waals surface area contributed by atoms with E-state index >= 15 is 0 Å². The minimum Gasteiger partial charge on any atom is -0.319 e. The molecule has 3 rings (SSSR count). The highest BCUT2D eigenvalue weighted by Crippen LogP contribution is 2.33. The largest absolute Gasteiger partial charge is 0.325 e. The van der Waals surface area contributed by atoms with Crippen LogP contribution in [-0.2, 0) is 16.9 Å². The van der Waals surface area contributed by atoms with Crippen molar-refractivity contribution in [2.45, 2.75) is 32.4 Å². The fourth-order valence-electron chi connectivity index (χ4n) is 3.02. The first kappa shape index (κ1) is 16.2. The highest BCUT2D eigenvalue weighted by Gasteiger charge is 2.51. The topological polar surface area (TPSA) is 49.4 Å². The van der Waals surface area contributed by atoms with Crippen molar-refractivity contribution in [2.75, 3.05) is 0 Å². The van der Waals surface area contributed by atoms with E-state index in [9.17, 15) is 14.0 Å². The molecule has 1 saturated heterocycles. The van der Waals surface area contributed by atoms with Crippen LogP contribution in [0, 0.1) is 12.7 Å². The summed E-state index contributed by atoms with van der Waals surface area (Å²) >= 11 is 0. The van der Waals surface area contributed by atoms with Gasteiger partial charge < -0.3 is 5.32 Å². The SMILES string of the molecule is CCC1(c2ccc(F)cc2)NC(=O)N(Cc2ccc(C)cc2)C1=O. The number of hydrogen-bond acceptors (Lipinski definition) is 2. The number of amides is 3. The van der Waals surface area contributed by atoms with E-state index < -0.39 is 11.6 Å². The van der Waals surface area contributed by atoms with Gasteiger partial charge in [-0.25, -0.2) is 9.18 Å². The van der Waals surface area contributed by atoms with Crippen molar-refractivity contribution >= 4 is 11.9 Å². The number of carbonyl (C=O) groups is 2. The number of nitrogens with zero attached hydrogens (tertiary/aromatic N) is 1. The summed E-state index contributed by atoms with van der Waals surface area (Å²) in [6.07, 6.45) is 0.396. The van der Waals surface area contributed by atoms with E-state index in [1.54, 1.807) is 12.1 Å². The molecule has 0 aromatic heterocycles. The maximum Gasteiger partial charge on any atom is 0.325 e. The Bertz CT molecular complexity index is 771. The monoisotopic (exact) mass is 326 g/mol. The summed E-state index contributed by atoms with van der Waals surface area (Å²) in [7, 11) is 0. The van der Waals surface area contributed by atoms with Crippen molar-refractivity contribution in [3.63, 3.8) is 0 Å². The highest BCUT2D eigenvalue weighted by atomic mass is 19.1. The van der Waals surface area contributed by atoms with E-state index in [-0.39, 0.29) is 18.3 Å². The molecule has 1 aliphatic heterocycles. The van der Waals surface area contributed by atoms with Gasteiger partial charge in [0.2, 0.25) is 0 Å². The third kappa shape index (κ3) is 2.66. The predicted molar refractivity (Wildman–Crippen MR) is 88.6 cm³/mol. The summed E-state index contributed by atoms with van der Waals surface area (Å²) < 4.78 is 13.2. The van der Waals surface area contributed by atoms with Gasteiger partial charge in [-0.3, -0.25) is 9.69 Å². The number of benzene rings is 2. The molecule has 124 valence electrons. The molecule has 0 saturated carbocycles. The zero-order chi connectivity index (χ0) is 17.3. The Kier molecular flexibility index (Phi) is 4.09. The molecule has 1 aliphatic rings. The summed E-state index contributed by atoms with van der Waals surface area (Å²) in [4.78, 5) is 26.6. The van der Waals surface area contributed by atoms with Gasteiger partial charge in [0.15, 0.2) is 0 Å². The number of hydrogen-bond donors (Lipinski definition) is 1. The zero-order valence-electron chi connectivity index (χ0n) is 13.7. The minimum atomic E-state index is -1.13. The van der Waals surface area contributed by atoms with Crippen molar-refractivity contribution < 1.29 is 14.0 Å². The number of aryl methyl sites for hydroxylation is 1. The van der Waals surface area contributed by atoms with Crippen molar-refractivity contribution in [1.29, 1.82) is 0 Å². The van der Waals surface area contributed by atoms with Crippen LogP contribution in [0.1, 0.15) is 30.0 Å². The number of urea groups is 1. The van der Waals surface area contributed by atoms with Gasteiger partial charge >= 0.3 is 6.03 Å². The fraction of sp³-hybridized carbons (Fsp3) is 0.263. The van der Waals surface area contributed by atoms with Gasteiger partial charge in [-0.1, -0.05) is 48.9 Å². The molecule has 1 N–H and O–H groups in total. The van der Waals surface area contributed by atoms with Gasteiger partial charge in [0.05, 0.1) is 6.54 Å². The van der Waals surface area contributed by atoms with Crippen LogP contribution in [0.25, 0.3) is 0 Å². The van der Waals surface area contributed by atoms with Gasteiger partial charge in [-0.2, -0.15) is 0 Å². The molecular weight excluding hydrogens is 307 g/mol. The van der Waals surface area contributed by atoms with Crippen LogP contribution in [0.2, 0.25) is 0 Å². The smallest absolute Gasteiger partial charge is 0.319 e. The molecule has 1 unspecified atom stereocenters. The Morgan fingerprint density at radius 3 is 2.25 bits per heavy atom. The lowest BCUT2D eigenvalue weighted by molar-refractivity contribution is -0.132. The van der Waals surface area contributed by atoms with Gasteiger partial charge in [0.1, 0.15) is 11.4 Å². The summed E-state index contributed by atoms with van der Waals surface area (Å²) in [5, 5.41) is 2.80. The lowest BCUT2D eigenvalue weighted by Gasteiger charge is -2.25. The lowest BCUT2D eigenvalue weighted by atomic mass is 9.87. The maximum absolute atomic E-state index is 13.2. The first-order valence-electron chi connectivity index (χ1n) is 7.92. The fourth-order valence-corrected chi connectivity index (χ4v) is 3.02. The van der Waals surface area contributed by atoms with Crippen molar-refractivity contribution in [2.24, 2.45) is 0 Å². The molecule has 2 aromatic rings. The van der Waals surface area contributed by atoms with Crippen molar-refractivity contribution in [3.05, 3.63) is 71.0 Å². The van der Waals surface area contributed by atoms with Crippen LogP contribution < -0.4 is 5.32 Å². The molecule has 4 nitrogen and oxygen atoms in total. The molecule has 2 aromatic carbocycles. The molecule has 0 aliphatic carbocycles. The second kappa shape index (κ2) is 6.07. The van der Waals surface area contributed by atoms with Crippen LogP contribution in [0.3, 0.4) is 0 Å². The van der Waals surface area contributed by atoms with E-state index in [0.717, 1.165) is 11.1 Å². The average Bonchev–Trinajstić information content (AvgIpc) is 2.82. The number of nitrogens with one attached hydrogen (secondary N) is 1. The van der Waals surface area contributed by atoms with Crippen LogP contribution >= 0.6 is 0 Å². The minimum absolute atomic E-state index is 0.216. The number of halogens is 1. The Balaban J connectivity index is 1.91. The summed E-state index contributed by atoms with van der Waals surface area (Å²) in [6, 6.07) is 13.0. The first-order chi connectivity index (χ1) is 11.5. The summed E-state index contributed by atoms with van der Waals surface area (Å²) in [5.74, 6) is -0.680. The van der Waals surface area contributed by atoms with Crippen molar-refractivity contribution in [1.82, 2.24) is 10.2 Å². The molecule has 0 bridgehead atoms. The van der Waals surface area contributed by atoms with E-state index in [1.807, 2.05) is 38.1 Å². The molecule has 0 spiro atoms. The second-order valence-corrected chi connectivity index (χ2v) is 6.07. The molecule has 3 amide bonds. The van der Waals surface area contributed by atoms with Gasteiger partial charge in [-0.15, -0.1) is 0 Å². The van der Waals surface area contributed by atoms with Crippen LogP contribution in [0.15, 0.2) is 48.5 Å². The first-order valence-corrected chi connectivity index (χ1v) is 7.92. The predicted octanol–water partition coefficient (Wildman–Crippen LogP) is 3.49. The van der Waals surface area contributed by atoms with Crippen LogP contribution in [-0.4, -0.2) is 16.8 Å². The Morgan fingerprint density at radius 1 is 1.04 bits per heavy atom. The normalized spacial score (nSPS) is 20.4. The lowest BCUT2D eigenvalue weighted by Crippen LogP contribution is -2.43. The highest BCUT2D eigenvalue weighted by molar-refractivity contribution is 6.07. The molecule has 0 radical (unpaired) electrons. The number of carbonyl (C=O) groups excluding carboxylic acids is 2. The van der Waals surface area contributed by atoms with Gasteiger partial charge in [-0.05, 0) is 36.6 Å². The van der Waals surface area contributed by atoms with Gasteiger partial charge in [0, 0.05) is 0 Å². The molecule has 24 heavy (non-hydrogen) atoms. The molecule has 5 heteroatoms. The third-order valence-corrected chi connectivity index (χ3v) is 4.50. The Labute approximate surface area is 140 Å². The van der Waals surface area contributed by atoms with Crippen molar-refractivity contribution in [3.8, 4) is 0 Å². The standard InChI is InChI=1S/C19H19FN2O2/c1-3-19(15-8-10-16(20)11-9-15)17(23)22(18(24)21-19)12-14-6-4-13(2)5-7-14/h4-11H,3,12H2,1-2H3,(H,21,24). The summed E-state index contributed by atoms with van der Waals surface area (Å²) in [5.41, 5.74) is 1.46. The van der Waals surface area contributed by atoms with Crippen LogP contribution in [0.4, 0.5) is 9.18 Å². The van der Waals surface area contributed by atoms with Crippen LogP contribution in [0.5, 0.6) is 0 Å². The molecule has 1 fully saturated rings. The second-order valence-electron chi connectivity index (χ2n) is 6.07. The number of imide groups is 1. The number of rotatable bonds is 4. The molecule has 1 atom stereocenters. The molecule has 1 heterocycles. The zero-order valence-corrected chi connectivity index (χ0v) is 13.7. The Hall–Kier alpha value is -2.69. The average molecular weight is 326 g/mol. The van der Waals surface area contributed by atoms with E-state index in [2.05, 4.69) is 5.32 Å². The van der Waals surface area contributed by atoms with Gasteiger partial charge in [0.25, 0.3) is 5.91 Å². The maximum atomic E-state index is 13.2. The third-order valence-electron chi connectivity index (χ3n) is 4.50. The quantitative estimate of drug-likeness (QED) is 0.874. The summed E-state index contributed by atoms with van der Waals surface area (Å²) in [6.45, 7) is 4.03. The van der Waals surface area contributed by atoms with E-state index in [4.69, 9.17) is 0 Å².